The van der Waals surface area contributed by atoms with E-state index in [0.717, 1.165) is 0 Å². The van der Waals surface area contributed by atoms with Crippen LogP contribution in [0.2, 0.25) is 0 Å². The zero-order valence-electron chi connectivity index (χ0n) is 7.83. The van der Waals surface area contributed by atoms with E-state index >= 15 is 0 Å². The predicted molar refractivity (Wildman–Crippen MR) is 52.9 cm³/mol. The van der Waals surface area contributed by atoms with Gasteiger partial charge < -0.3 is 44.6 Å². The minimum atomic E-state index is -0.324. The Morgan fingerprint density at radius 1 is 0.846 bits per heavy atom. The summed E-state index contributed by atoms with van der Waals surface area (Å²) < 4.78 is 0. The molecule has 0 fully saturated rings. The number of nitrogens with zero attached hydrogens (tertiary/aromatic N) is 2. The summed E-state index contributed by atoms with van der Waals surface area (Å²) in [6.07, 6.45) is 0. The van der Waals surface area contributed by atoms with Crippen molar-refractivity contribution >= 4 is 35.7 Å². The Morgan fingerprint density at radius 2 is 0.923 bits per heavy atom. The molecule has 0 aromatic carbocycles. The van der Waals surface area contributed by atoms with Crippen LogP contribution in [0.3, 0.4) is 0 Å². The van der Waals surface area contributed by atoms with Gasteiger partial charge in [0.25, 0.3) is 0 Å². The smallest absolute Gasteiger partial charge is 0.719 e. The van der Waals surface area contributed by atoms with Gasteiger partial charge in [-0.3, -0.25) is 0 Å². The second-order valence-electron chi connectivity index (χ2n) is 2.32. The van der Waals surface area contributed by atoms with Gasteiger partial charge in [-0.05, 0) is 0 Å². The molecule has 0 saturated heterocycles. The number of hydrogen-bond acceptors (Lipinski definition) is 4. The minimum absolute atomic E-state index is 0. The molecule has 4 nitrogen and oxygen atoms in total. The molecule has 0 atom stereocenters. The summed E-state index contributed by atoms with van der Waals surface area (Å²) in [5.41, 5.74) is 0. The molecule has 0 rings (SSSR count). The first-order chi connectivity index (χ1) is 5.29. The first-order valence-electron chi connectivity index (χ1n) is 3.05. The third-order valence-electron chi connectivity index (χ3n) is 0.730. The summed E-state index contributed by atoms with van der Waals surface area (Å²) >= 11 is 8.38. The number of rotatable bonds is 0. The average molecular weight is 272 g/mol. The van der Waals surface area contributed by atoms with E-state index in [4.69, 9.17) is 0 Å². The Kier molecular flexibility index (Phi) is 14.3. The molecule has 0 saturated carbocycles. The van der Waals surface area contributed by atoms with E-state index in [1.807, 2.05) is 0 Å². The van der Waals surface area contributed by atoms with Gasteiger partial charge in [-0.25, -0.2) is 0 Å². The number of hydrogen-bond donors (Lipinski definition) is 0. The molecular weight excluding hydrogens is 260 g/mol. The summed E-state index contributed by atoms with van der Waals surface area (Å²) in [6.45, 7) is 0. The van der Waals surface area contributed by atoms with Crippen LogP contribution in [-0.2, 0) is 42.3 Å². The van der Waals surface area contributed by atoms with Crippen molar-refractivity contribution in [3.05, 3.63) is 0 Å². The van der Waals surface area contributed by atoms with Crippen molar-refractivity contribution in [2.45, 2.75) is 0 Å². The fourth-order valence-electron chi connectivity index (χ4n) is 0. The summed E-state index contributed by atoms with van der Waals surface area (Å²) in [7, 11) is 6.48. The second-order valence-corrected chi connectivity index (χ2v) is 3.02. The maximum atomic E-state index is 9.88. The van der Waals surface area contributed by atoms with E-state index in [0.29, 0.717) is 0 Å². The fraction of sp³-hybridized carbons (Fsp3) is 0.667. The molecule has 0 N–H and O–H groups in total. The van der Waals surface area contributed by atoms with Crippen molar-refractivity contribution < 1.29 is 26.7 Å². The molecule has 0 aliphatic carbocycles. The molecule has 2 amide bonds. The first kappa shape index (κ1) is 18.6. The predicted octanol–water partition coefficient (Wildman–Crippen LogP) is 0.427. The van der Waals surface area contributed by atoms with Crippen LogP contribution in [0.4, 0.5) is 9.59 Å². The van der Waals surface area contributed by atoms with Gasteiger partial charge in [0.15, 0.2) is 0 Å². The Balaban J connectivity index is -0.000000143. The van der Waals surface area contributed by atoms with Gasteiger partial charge in [0.1, 0.15) is 10.5 Å². The van der Waals surface area contributed by atoms with Crippen molar-refractivity contribution in [1.29, 1.82) is 0 Å². The monoisotopic (exact) mass is 271 g/mol. The van der Waals surface area contributed by atoms with Gasteiger partial charge in [0, 0.05) is 28.2 Å². The van der Waals surface area contributed by atoms with Crippen LogP contribution < -0.4 is 0 Å². The molecule has 13 heavy (non-hydrogen) atoms. The first-order valence-corrected chi connectivity index (χ1v) is 3.87. The number of carbonyl (C=O) groups is 2. The van der Waals surface area contributed by atoms with E-state index in [9.17, 15) is 9.59 Å². The van der Waals surface area contributed by atoms with Crippen molar-refractivity contribution in [3.8, 4) is 0 Å². The van der Waals surface area contributed by atoms with Gasteiger partial charge in [-0.1, -0.05) is 0 Å². The second kappa shape index (κ2) is 9.98. The Hall–Kier alpha value is -0.101. The van der Waals surface area contributed by atoms with Crippen molar-refractivity contribution in [3.63, 3.8) is 0 Å². The molecule has 81 valence electrons. The van der Waals surface area contributed by atoms with Crippen LogP contribution >= 0.6 is 0 Å². The summed E-state index contributed by atoms with van der Waals surface area (Å²) in [5, 5.41) is -0.648. The molecule has 0 bridgehead atoms. The summed E-state index contributed by atoms with van der Waals surface area (Å²) in [6, 6.07) is 0. The molecule has 0 aliphatic rings. The van der Waals surface area contributed by atoms with Gasteiger partial charge in [0.2, 0.25) is 0 Å². The largest absolute Gasteiger partial charge is 2.00 e. The third kappa shape index (κ3) is 18.7. The molecule has 0 aromatic heterocycles. The fourth-order valence-corrected chi connectivity index (χ4v) is 0. The normalized spacial score (nSPS) is 7.08. The van der Waals surface area contributed by atoms with E-state index in [-0.39, 0.29) is 27.5 Å². The quantitative estimate of drug-likeness (QED) is 0.473. The summed E-state index contributed by atoms with van der Waals surface area (Å²) in [5.74, 6) is 0. The zero-order valence-corrected chi connectivity index (χ0v) is 10.4. The molecule has 0 aliphatic heterocycles. The van der Waals surface area contributed by atoms with Gasteiger partial charge in [-0.2, -0.15) is 0 Å². The molecule has 1 radical (unpaired) electrons. The van der Waals surface area contributed by atoms with Crippen LogP contribution in [0.1, 0.15) is 0 Å². The molecule has 0 heterocycles. The van der Waals surface area contributed by atoms with Gasteiger partial charge in [0.05, 0.1) is 0 Å². The molecular formula is C6H12CuN2O2S2. The summed E-state index contributed by atoms with van der Waals surface area (Å²) in [4.78, 5) is 22.5. The maximum Gasteiger partial charge on any atom is 2.00 e. The third-order valence-corrected chi connectivity index (χ3v) is 1.46. The van der Waals surface area contributed by atoms with E-state index in [1.54, 1.807) is 28.2 Å². The number of carbonyl (C=O) groups excluding carboxylic acids is 2. The Labute approximate surface area is 100 Å². The average Bonchev–Trinajstić information content (AvgIpc) is 1.88. The Bertz CT molecular complexity index is 147. The Morgan fingerprint density at radius 3 is 0.923 bits per heavy atom. The molecule has 0 unspecified atom stereocenters. The minimum Gasteiger partial charge on any atom is -0.719 e. The van der Waals surface area contributed by atoms with Gasteiger partial charge >= 0.3 is 17.1 Å². The van der Waals surface area contributed by atoms with Crippen LogP contribution in [0.25, 0.3) is 0 Å². The zero-order chi connectivity index (χ0) is 10.3. The van der Waals surface area contributed by atoms with E-state index in [2.05, 4.69) is 25.3 Å². The van der Waals surface area contributed by atoms with E-state index < -0.39 is 0 Å². The van der Waals surface area contributed by atoms with Crippen LogP contribution in [0.5, 0.6) is 0 Å². The number of amides is 2. The standard InChI is InChI=1S/2C3H7NOS.Cu/c2*1-4(2)3(5)6;/h2*1-2H3,(H,5,6);/q;;+2/p-2. The molecule has 7 heteroatoms. The van der Waals surface area contributed by atoms with Crippen molar-refractivity contribution in [2.24, 2.45) is 0 Å². The van der Waals surface area contributed by atoms with Crippen molar-refractivity contribution in [2.75, 3.05) is 28.2 Å². The van der Waals surface area contributed by atoms with Crippen molar-refractivity contribution in [1.82, 2.24) is 9.80 Å². The van der Waals surface area contributed by atoms with Crippen LogP contribution in [-0.4, -0.2) is 48.5 Å². The maximum absolute atomic E-state index is 9.88. The van der Waals surface area contributed by atoms with Crippen LogP contribution in [0, 0.1) is 0 Å². The SMILES string of the molecule is CN(C)C(=O)[S-].CN(C)C(=O)[S-].[Cu+2]. The molecule has 0 spiro atoms. The van der Waals surface area contributed by atoms with Gasteiger partial charge in [-0.15, -0.1) is 0 Å². The van der Waals surface area contributed by atoms with Crippen LogP contribution in [0.15, 0.2) is 0 Å². The topological polar surface area (TPSA) is 40.6 Å². The molecule has 0 aromatic rings. The van der Waals surface area contributed by atoms with E-state index in [1.165, 1.54) is 9.80 Å².